The molecule has 1 rings (SSSR count). The summed E-state index contributed by atoms with van der Waals surface area (Å²) in [5.74, 6) is -0.965. The summed E-state index contributed by atoms with van der Waals surface area (Å²) in [6, 6.07) is 6.12. The van der Waals surface area contributed by atoms with E-state index in [1.165, 1.54) is 12.1 Å². The van der Waals surface area contributed by atoms with E-state index in [0.717, 1.165) is 5.56 Å². The monoisotopic (exact) mass is 294 g/mol. The summed E-state index contributed by atoms with van der Waals surface area (Å²) in [7, 11) is 1.63. The Morgan fingerprint density at radius 2 is 1.81 bits per heavy atom. The first-order valence-corrected chi connectivity index (χ1v) is 6.67. The predicted molar refractivity (Wildman–Crippen MR) is 79.3 cm³/mol. The smallest absolute Gasteiger partial charge is 0.335 e. The molecule has 0 saturated heterocycles. The number of benzene rings is 1. The Balaban J connectivity index is 2.37. The van der Waals surface area contributed by atoms with Gasteiger partial charge in [-0.05, 0) is 17.7 Å². The number of rotatable bonds is 7. The summed E-state index contributed by atoms with van der Waals surface area (Å²) in [5, 5.41) is 14.3. The molecule has 0 spiro atoms. The van der Waals surface area contributed by atoms with E-state index in [1.54, 1.807) is 19.2 Å². The summed E-state index contributed by atoms with van der Waals surface area (Å²) < 4.78 is 5.08. The zero-order chi connectivity index (χ0) is 15.9. The van der Waals surface area contributed by atoms with Crippen LogP contribution in [0.1, 0.15) is 29.8 Å². The lowest BCUT2D eigenvalue weighted by Crippen LogP contribution is -2.41. The van der Waals surface area contributed by atoms with Gasteiger partial charge in [0, 0.05) is 25.6 Å². The molecule has 0 bridgehead atoms. The quantitative estimate of drug-likeness (QED) is 0.716. The lowest BCUT2D eigenvalue weighted by Gasteiger charge is -2.23. The number of nitrogens with one attached hydrogen (secondary N) is 2. The zero-order valence-electron chi connectivity index (χ0n) is 12.6. The van der Waals surface area contributed by atoms with Crippen molar-refractivity contribution < 1.29 is 19.4 Å². The fourth-order valence-corrected chi connectivity index (χ4v) is 1.77. The summed E-state index contributed by atoms with van der Waals surface area (Å²) >= 11 is 0. The molecule has 0 radical (unpaired) electrons. The van der Waals surface area contributed by atoms with Gasteiger partial charge in [-0.2, -0.15) is 0 Å². The lowest BCUT2D eigenvalue weighted by molar-refractivity contribution is 0.0697. The third-order valence-corrected chi connectivity index (χ3v) is 2.92. The Morgan fingerprint density at radius 1 is 1.19 bits per heavy atom. The standard InChI is InChI=1S/C15H22N2O4/c1-15(2,10-21-3)9-17-14(20)16-8-11-4-6-12(7-5-11)13(18)19/h4-7H,8-10H2,1-3H3,(H,18,19)(H2,16,17,20). The van der Waals surface area contributed by atoms with Crippen molar-refractivity contribution in [3.8, 4) is 0 Å². The van der Waals surface area contributed by atoms with Crippen molar-refractivity contribution in [2.45, 2.75) is 20.4 Å². The van der Waals surface area contributed by atoms with E-state index >= 15 is 0 Å². The van der Waals surface area contributed by atoms with Gasteiger partial charge in [-0.25, -0.2) is 9.59 Å². The Morgan fingerprint density at radius 3 is 2.33 bits per heavy atom. The van der Waals surface area contributed by atoms with Crippen molar-refractivity contribution >= 4 is 12.0 Å². The first-order valence-electron chi connectivity index (χ1n) is 6.67. The van der Waals surface area contributed by atoms with Gasteiger partial charge in [0.15, 0.2) is 0 Å². The molecule has 0 fully saturated rings. The third-order valence-electron chi connectivity index (χ3n) is 2.92. The largest absolute Gasteiger partial charge is 0.478 e. The van der Waals surface area contributed by atoms with Crippen molar-refractivity contribution in [1.82, 2.24) is 10.6 Å². The molecule has 1 aromatic carbocycles. The van der Waals surface area contributed by atoms with Crippen molar-refractivity contribution in [2.75, 3.05) is 20.3 Å². The average molecular weight is 294 g/mol. The molecule has 0 aromatic heterocycles. The van der Waals surface area contributed by atoms with Crippen molar-refractivity contribution in [3.63, 3.8) is 0 Å². The molecule has 6 nitrogen and oxygen atoms in total. The molecular formula is C15H22N2O4. The lowest BCUT2D eigenvalue weighted by atomic mass is 9.95. The number of ether oxygens (including phenoxy) is 1. The van der Waals surface area contributed by atoms with E-state index in [2.05, 4.69) is 10.6 Å². The fraction of sp³-hybridized carbons (Fsp3) is 0.467. The van der Waals surface area contributed by atoms with Gasteiger partial charge in [-0.3, -0.25) is 0 Å². The van der Waals surface area contributed by atoms with Gasteiger partial charge in [0.25, 0.3) is 0 Å². The van der Waals surface area contributed by atoms with Crippen molar-refractivity contribution in [1.29, 1.82) is 0 Å². The molecule has 0 atom stereocenters. The second kappa shape index (κ2) is 7.64. The summed E-state index contributed by atoms with van der Waals surface area (Å²) in [5.41, 5.74) is 0.936. The van der Waals surface area contributed by atoms with E-state index in [1.807, 2.05) is 13.8 Å². The van der Waals surface area contributed by atoms with Crippen molar-refractivity contribution in [3.05, 3.63) is 35.4 Å². The molecule has 6 heteroatoms. The predicted octanol–water partition coefficient (Wildman–Crippen LogP) is 1.86. The van der Waals surface area contributed by atoms with Crippen LogP contribution >= 0.6 is 0 Å². The molecule has 2 amide bonds. The number of amides is 2. The fourth-order valence-electron chi connectivity index (χ4n) is 1.77. The Labute approximate surface area is 124 Å². The minimum atomic E-state index is -0.965. The first kappa shape index (κ1) is 17.0. The first-order chi connectivity index (χ1) is 9.84. The van der Waals surface area contributed by atoms with Crippen LogP contribution in [0, 0.1) is 5.41 Å². The highest BCUT2D eigenvalue weighted by Crippen LogP contribution is 2.13. The Kier molecular flexibility index (Phi) is 6.17. The second-order valence-electron chi connectivity index (χ2n) is 5.64. The van der Waals surface area contributed by atoms with E-state index in [9.17, 15) is 9.59 Å². The highest BCUT2D eigenvalue weighted by atomic mass is 16.5. The van der Waals surface area contributed by atoms with Crippen LogP contribution in [0.4, 0.5) is 4.79 Å². The van der Waals surface area contributed by atoms with Crippen LogP contribution in [-0.2, 0) is 11.3 Å². The minimum absolute atomic E-state index is 0.130. The molecule has 0 aliphatic rings. The van der Waals surface area contributed by atoms with Crippen molar-refractivity contribution in [2.24, 2.45) is 5.41 Å². The number of urea groups is 1. The highest BCUT2D eigenvalue weighted by molar-refractivity contribution is 5.87. The second-order valence-corrected chi connectivity index (χ2v) is 5.64. The van der Waals surface area contributed by atoms with Gasteiger partial charge < -0.3 is 20.5 Å². The average Bonchev–Trinajstić information content (AvgIpc) is 2.43. The molecule has 21 heavy (non-hydrogen) atoms. The maximum Gasteiger partial charge on any atom is 0.335 e. The van der Waals surface area contributed by atoms with Gasteiger partial charge >= 0.3 is 12.0 Å². The number of carboxylic acid groups (broad SMARTS) is 1. The molecule has 0 heterocycles. The number of carbonyl (C=O) groups excluding carboxylic acids is 1. The van der Waals surface area contributed by atoms with Gasteiger partial charge in [-0.15, -0.1) is 0 Å². The Bertz CT molecular complexity index is 483. The van der Waals surface area contributed by atoms with Crippen LogP contribution in [0.25, 0.3) is 0 Å². The van der Waals surface area contributed by atoms with E-state index in [4.69, 9.17) is 9.84 Å². The van der Waals surface area contributed by atoms with E-state index < -0.39 is 5.97 Å². The van der Waals surface area contributed by atoms with Crippen LogP contribution in [0.15, 0.2) is 24.3 Å². The molecular weight excluding hydrogens is 272 g/mol. The molecule has 3 N–H and O–H groups in total. The van der Waals surface area contributed by atoms with Gasteiger partial charge in [0.2, 0.25) is 0 Å². The van der Waals surface area contributed by atoms with E-state index in [0.29, 0.717) is 19.7 Å². The minimum Gasteiger partial charge on any atom is -0.478 e. The number of carbonyl (C=O) groups is 2. The number of hydrogen-bond acceptors (Lipinski definition) is 3. The SMILES string of the molecule is COCC(C)(C)CNC(=O)NCc1ccc(C(=O)O)cc1. The van der Waals surface area contributed by atoms with Crippen LogP contribution in [0.5, 0.6) is 0 Å². The molecule has 0 aliphatic carbocycles. The summed E-state index contributed by atoms with van der Waals surface area (Å²) in [4.78, 5) is 22.4. The van der Waals surface area contributed by atoms with Gasteiger partial charge in [0.1, 0.15) is 0 Å². The maximum absolute atomic E-state index is 11.7. The van der Waals surface area contributed by atoms with Gasteiger partial charge in [-0.1, -0.05) is 26.0 Å². The zero-order valence-corrected chi connectivity index (χ0v) is 12.6. The topological polar surface area (TPSA) is 87.7 Å². The number of methoxy groups -OCH3 is 1. The maximum atomic E-state index is 11.7. The molecule has 1 aromatic rings. The molecule has 0 aliphatic heterocycles. The van der Waals surface area contributed by atoms with Crippen LogP contribution < -0.4 is 10.6 Å². The van der Waals surface area contributed by atoms with E-state index in [-0.39, 0.29) is 17.0 Å². The van der Waals surface area contributed by atoms with Crippen LogP contribution in [0.3, 0.4) is 0 Å². The van der Waals surface area contributed by atoms with Gasteiger partial charge in [0.05, 0.1) is 12.2 Å². The number of carboxylic acids is 1. The number of aromatic carboxylic acids is 1. The van der Waals surface area contributed by atoms with Crippen LogP contribution in [0.2, 0.25) is 0 Å². The summed E-state index contributed by atoms with van der Waals surface area (Å²) in [6.07, 6.45) is 0. The van der Waals surface area contributed by atoms with Crippen LogP contribution in [-0.4, -0.2) is 37.4 Å². The molecule has 0 saturated carbocycles. The number of hydrogen-bond donors (Lipinski definition) is 3. The molecule has 0 unspecified atom stereocenters. The Hall–Kier alpha value is -2.08. The third kappa shape index (κ3) is 6.27. The summed E-state index contributed by atoms with van der Waals surface area (Å²) in [6.45, 7) is 5.41. The normalized spacial score (nSPS) is 11.0. The molecule has 116 valence electrons. The highest BCUT2D eigenvalue weighted by Gasteiger charge is 2.18.